The van der Waals surface area contributed by atoms with Crippen molar-refractivity contribution in [3.63, 3.8) is 0 Å². The molecule has 0 bridgehead atoms. The summed E-state index contributed by atoms with van der Waals surface area (Å²) in [5, 5.41) is 3.41. The molecule has 0 aliphatic heterocycles. The van der Waals surface area contributed by atoms with Crippen molar-refractivity contribution in [1.29, 1.82) is 0 Å². The fourth-order valence-electron chi connectivity index (χ4n) is 3.03. The molecule has 106 valence electrons. The van der Waals surface area contributed by atoms with E-state index in [9.17, 15) is 0 Å². The molecular weight excluding hydrogens is 234 g/mol. The Kier molecular flexibility index (Phi) is 4.19. The smallest absolute Gasteiger partial charge is 0.120 e. The molecule has 19 heavy (non-hydrogen) atoms. The number of hydrogen-bond acceptors (Lipinski definition) is 2. The van der Waals surface area contributed by atoms with Gasteiger partial charge in [0.25, 0.3) is 0 Å². The fourth-order valence-corrected chi connectivity index (χ4v) is 3.03. The summed E-state index contributed by atoms with van der Waals surface area (Å²) in [6.45, 7) is 9.02. The molecule has 1 fully saturated rings. The molecule has 0 aromatic heterocycles. The Morgan fingerprint density at radius 2 is 2.16 bits per heavy atom. The summed E-state index contributed by atoms with van der Waals surface area (Å²) in [4.78, 5) is 0. The Morgan fingerprint density at radius 3 is 2.74 bits per heavy atom. The Balaban J connectivity index is 2.08. The highest BCUT2D eigenvalue weighted by atomic mass is 16.5. The van der Waals surface area contributed by atoms with Crippen LogP contribution in [0.1, 0.15) is 52.0 Å². The van der Waals surface area contributed by atoms with E-state index >= 15 is 0 Å². The number of ether oxygens (including phenoxy) is 1. The molecule has 1 N–H and O–H groups in total. The van der Waals surface area contributed by atoms with E-state index in [1.165, 1.54) is 5.56 Å². The van der Waals surface area contributed by atoms with Gasteiger partial charge in [0.2, 0.25) is 0 Å². The number of rotatable bonds is 5. The molecular formula is C17H27NO. The minimum absolute atomic E-state index is 0.253. The lowest BCUT2D eigenvalue weighted by molar-refractivity contribution is -0.0677. The highest BCUT2D eigenvalue weighted by molar-refractivity contribution is 5.31. The first kappa shape index (κ1) is 14.4. The van der Waals surface area contributed by atoms with Crippen LogP contribution in [-0.4, -0.2) is 19.2 Å². The molecule has 0 amide bonds. The van der Waals surface area contributed by atoms with Crippen LogP contribution >= 0.6 is 0 Å². The Morgan fingerprint density at radius 1 is 1.42 bits per heavy atom. The van der Waals surface area contributed by atoms with Gasteiger partial charge in [0.05, 0.1) is 0 Å². The molecule has 2 rings (SSSR count). The zero-order valence-electron chi connectivity index (χ0n) is 12.9. The number of hydrogen-bond donors (Lipinski definition) is 1. The van der Waals surface area contributed by atoms with Gasteiger partial charge in [0.1, 0.15) is 11.9 Å². The zero-order valence-corrected chi connectivity index (χ0v) is 12.9. The van der Waals surface area contributed by atoms with Crippen LogP contribution in [0.15, 0.2) is 24.3 Å². The number of benzene rings is 1. The van der Waals surface area contributed by atoms with Gasteiger partial charge in [0, 0.05) is 17.9 Å². The van der Waals surface area contributed by atoms with E-state index in [4.69, 9.17) is 4.74 Å². The van der Waals surface area contributed by atoms with Gasteiger partial charge in [-0.05, 0) is 37.1 Å². The molecule has 1 aliphatic carbocycles. The van der Waals surface area contributed by atoms with Crippen LogP contribution in [0, 0.1) is 5.41 Å². The van der Waals surface area contributed by atoms with Gasteiger partial charge >= 0.3 is 0 Å². The summed E-state index contributed by atoms with van der Waals surface area (Å²) >= 11 is 0. The third-order valence-electron chi connectivity index (χ3n) is 4.89. The highest BCUT2D eigenvalue weighted by Gasteiger charge is 2.51. The second-order valence-electron chi connectivity index (χ2n) is 6.27. The van der Waals surface area contributed by atoms with E-state index in [1.807, 2.05) is 7.05 Å². The van der Waals surface area contributed by atoms with Gasteiger partial charge in [-0.3, -0.25) is 0 Å². The lowest BCUT2D eigenvalue weighted by atomic mass is 9.61. The quantitative estimate of drug-likeness (QED) is 0.866. The van der Waals surface area contributed by atoms with Crippen LogP contribution in [0.5, 0.6) is 5.75 Å². The largest absolute Gasteiger partial charge is 0.490 e. The average molecular weight is 261 g/mol. The predicted molar refractivity (Wildman–Crippen MR) is 80.8 cm³/mol. The first-order chi connectivity index (χ1) is 9.01. The van der Waals surface area contributed by atoms with Gasteiger partial charge in [-0.25, -0.2) is 0 Å². The van der Waals surface area contributed by atoms with E-state index in [0.717, 1.165) is 18.6 Å². The Labute approximate surface area is 117 Å². The molecule has 0 heterocycles. The van der Waals surface area contributed by atoms with Crippen molar-refractivity contribution < 1.29 is 4.74 Å². The van der Waals surface area contributed by atoms with E-state index in [1.54, 1.807) is 0 Å². The lowest BCUT2D eigenvalue weighted by Crippen LogP contribution is -2.62. The van der Waals surface area contributed by atoms with E-state index < -0.39 is 0 Å². The maximum Gasteiger partial charge on any atom is 0.120 e. The minimum Gasteiger partial charge on any atom is -0.490 e. The van der Waals surface area contributed by atoms with E-state index in [0.29, 0.717) is 18.1 Å². The molecule has 1 aromatic rings. The van der Waals surface area contributed by atoms with Gasteiger partial charge in [-0.15, -0.1) is 0 Å². The number of nitrogens with one attached hydrogen (secondary N) is 1. The molecule has 1 saturated carbocycles. The van der Waals surface area contributed by atoms with Crippen LogP contribution in [-0.2, 0) is 0 Å². The summed E-state index contributed by atoms with van der Waals surface area (Å²) < 4.78 is 6.24. The fraction of sp³-hybridized carbons (Fsp3) is 0.647. The van der Waals surface area contributed by atoms with Crippen molar-refractivity contribution >= 4 is 0 Å². The van der Waals surface area contributed by atoms with Crippen LogP contribution in [0.25, 0.3) is 0 Å². The third-order valence-corrected chi connectivity index (χ3v) is 4.89. The molecule has 1 aliphatic rings. The Bertz CT molecular complexity index is 429. The van der Waals surface area contributed by atoms with E-state index in [2.05, 4.69) is 57.3 Å². The molecule has 3 unspecified atom stereocenters. The maximum atomic E-state index is 6.24. The standard InChI is InChI=1S/C17H27NO/c1-6-17(4)15(18-5)11-16(17)19-14-9-7-8-13(10-14)12(2)3/h7-10,12,15-16,18H,6,11H2,1-5H3. The lowest BCUT2D eigenvalue weighted by Gasteiger charge is -2.53. The van der Waals surface area contributed by atoms with Crippen LogP contribution in [0.3, 0.4) is 0 Å². The van der Waals surface area contributed by atoms with Crippen molar-refractivity contribution in [3.8, 4) is 5.75 Å². The third kappa shape index (κ3) is 2.64. The Hall–Kier alpha value is -1.02. The monoisotopic (exact) mass is 261 g/mol. The summed E-state index contributed by atoms with van der Waals surface area (Å²) in [5.74, 6) is 1.57. The van der Waals surface area contributed by atoms with Crippen molar-refractivity contribution in [2.45, 2.75) is 58.6 Å². The first-order valence-corrected chi connectivity index (χ1v) is 7.45. The van der Waals surface area contributed by atoms with Crippen molar-refractivity contribution in [1.82, 2.24) is 5.32 Å². The summed E-state index contributed by atoms with van der Waals surface area (Å²) in [5.41, 5.74) is 1.60. The first-order valence-electron chi connectivity index (χ1n) is 7.45. The maximum absolute atomic E-state index is 6.24. The predicted octanol–water partition coefficient (Wildman–Crippen LogP) is 3.97. The van der Waals surface area contributed by atoms with Gasteiger partial charge < -0.3 is 10.1 Å². The zero-order chi connectivity index (χ0) is 14.0. The summed E-state index contributed by atoms with van der Waals surface area (Å²) in [6, 6.07) is 9.12. The van der Waals surface area contributed by atoms with Crippen molar-refractivity contribution in [2.24, 2.45) is 5.41 Å². The van der Waals surface area contributed by atoms with E-state index in [-0.39, 0.29) is 5.41 Å². The second-order valence-corrected chi connectivity index (χ2v) is 6.27. The molecule has 0 saturated heterocycles. The summed E-state index contributed by atoms with van der Waals surface area (Å²) in [6.07, 6.45) is 2.58. The van der Waals surface area contributed by atoms with Crippen LogP contribution in [0.2, 0.25) is 0 Å². The molecule has 3 atom stereocenters. The second kappa shape index (κ2) is 5.54. The van der Waals surface area contributed by atoms with Gasteiger partial charge in [0.15, 0.2) is 0 Å². The summed E-state index contributed by atoms with van der Waals surface area (Å²) in [7, 11) is 2.05. The minimum atomic E-state index is 0.253. The topological polar surface area (TPSA) is 21.3 Å². The highest BCUT2D eigenvalue weighted by Crippen LogP contribution is 2.46. The van der Waals surface area contributed by atoms with Gasteiger partial charge in [-0.2, -0.15) is 0 Å². The molecule has 2 heteroatoms. The normalized spacial score (nSPS) is 30.2. The SMILES string of the molecule is CCC1(C)C(NC)CC1Oc1cccc(C(C)C)c1. The molecule has 0 radical (unpaired) electrons. The van der Waals surface area contributed by atoms with Gasteiger partial charge in [-0.1, -0.05) is 39.8 Å². The van der Waals surface area contributed by atoms with Crippen molar-refractivity contribution in [2.75, 3.05) is 7.05 Å². The molecule has 0 spiro atoms. The van der Waals surface area contributed by atoms with Crippen molar-refractivity contribution in [3.05, 3.63) is 29.8 Å². The van der Waals surface area contributed by atoms with Crippen LogP contribution < -0.4 is 10.1 Å². The molecule has 1 aromatic carbocycles. The van der Waals surface area contributed by atoms with Crippen LogP contribution in [0.4, 0.5) is 0 Å². The average Bonchev–Trinajstić information content (AvgIpc) is 2.42. The molecule has 2 nitrogen and oxygen atoms in total.